The third-order valence-electron chi connectivity index (χ3n) is 2.67. The average molecular weight is 323 g/mol. The lowest BCUT2D eigenvalue weighted by atomic mass is 10.0. The molecule has 0 aliphatic rings. The van der Waals surface area contributed by atoms with Gasteiger partial charge in [-0.15, -0.1) is 11.8 Å². The van der Waals surface area contributed by atoms with Crippen molar-refractivity contribution in [3.8, 4) is 11.8 Å². The number of carbonyl (C=O) groups excluding carboxylic acids is 1. The first-order valence-corrected chi connectivity index (χ1v) is 7.24. The van der Waals surface area contributed by atoms with Gasteiger partial charge in [0.1, 0.15) is 5.04 Å². The van der Waals surface area contributed by atoms with Gasteiger partial charge in [-0.3, -0.25) is 5.41 Å². The van der Waals surface area contributed by atoms with Gasteiger partial charge in [0.25, 0.3) is 0 Å². The Labute approximate surface area is 131 Å². The Morgan fingerprint density at radius 3 is 2.68 bits per heavy atom. The minimum absolute atomic E-state index is 0.0778. The molecule has 0 fully saturated rings. The number of rotatable bonds is 4. The highest BCUT2D eigenvalue weighted by Gasteiger charge is 2.17. The van der Waals surface area contributed by atoms with E-state index in [1.54, 1.807) is 6.26 Å². The molecule has 22 heavy (non-hydrogen) atoms. The summed E-state index contributed by atoms with van der Waals surface area (Å²) in [5, 5.41) is 17.0. The van der Waals surface area contributed by atoms with E-state index in [0.29, 0.717) is 5.56 Å². The minimum atomic E-state index is -0.833. The van der Waals surface area contributed by atoms with Crippen molar-refractivity contribution in [2.45, 2.75) is 6.42 Å². The van der Waals surface area contributed by atoms with Crippen LogP contribution in [0.2, 0.25) is 0 Å². The zero-order chi connectivity index (χ0) is 16.7. The molecule has 116 valence electrons. The van der Waals surface area contributed by atoms with Crippen LogP contribution in [0.15, 0.2) is 17.1 Å². The second kappa shape index (κ2) is 8.14. The molecule has 0 atom stereocenters. The molecular formula is C14H14FN3O3S. The van der Waals surface area contributed by atoms with E-state index in [2.05, 4.69) is 9.73 Å². The van der Waals surface area contributed by atoms with Crippen molar-refractivity contribution in [1.29, 1.82) is 10.7 Å². The van der Waals surface area contributed by atoms with Crippen molar-refractivity contribution < 1.29 is 18.7 Å². The summed E-state index contributed by atoms with van der Waals surface area (Å²) in [6.45, 7) is 0. The Bertz CT molecular complexity index is 668. The highest BCUT2D eigenvalue weighted by Crippen LogP contribution is 2.24. The van der Waals surface area contributed by atoms with Gasteiger partial charge in [0.2, 0.25) is 0 Å². The first kappa shape index (κ1) is 17.7. The number of amides is 1. The number of nitriles is 1. The van der Waals surface area contributed by atoms with Crippen molar-refractivity contribution in [2.75, 3.05) is 20.5 Å². The molecule has 0 spiro atoms. The van der Waals surface area contributed by atoms with E-state index in [4.69, 9.17) is 15.4 Å². The fraction of sp³-hybridized carbons (Fsp3) is 0.286. The molecule has 1 aromatic rings. The summed E-state index contributed by atoms with van der Waals surface area (Å²) in [6.07, 6.45) is 0.652. The zero-order valence-electron chi connectivity index (χ0n) is 12.3. The summed E-state index contributed by atoms with van der Waals surface area (Å²) in [6, 6.07) is 4.54. The molecule has 0 saturated heterocycles. The van der Waals surface area contributed by atoms with Crippen molar-refractivity contribution >= 4 is 28.6 Å². The highest BCUT2D eigenvalue weighted by atomic mass is 32.2. The van der Waals surface area contributed by atoms with Crippen LogP contribution in [0, 0.1) is 22.6 Å². The summed E-state index contributed by atoms with van der Waals surface area (Å²) in [7, 11) is 2.47. The molecule has 1 rings (SSSR count). The van der Waals surface area contributed by atoms with Crippen LogP contribution in [0.1, 0.15) is 11.1 Å². The van der Waals surface area contributed by atoms with Gasteiger partial charge in [-0.2, -0.15) is 10.3 Å². The lowest BCUT2D eigenvalue weighted by Crippen LogP contribution is -2.14. The number of nitrogens with zero attached hydrogens (tertiary/aromatic N) is 2. The fourth-order valence-corrected chi connectivity index (χ4v) is 2.11. The predicted octanol–water partition coefficient (Wildman–Crippen LogP) is 2.80. The molecule has 0 unspecified atom stereocenters. The van der Waals surface area contributed by atoms with Crippen LogP contribution in [-0.4, -0.2) is 37.3 Å². The van der Waals surface area contributed by atoms with Gasteiger partial charge in [-0.1, -0.05) is 0 Å². The van der Waals surface area contributed by atoms with Crippen molar-refractivity contribution in [3.05, 3.63) is 29.1 Å². The van der Waals surface area contributed by atoms with E-state index >= 15 is 0 Å². The van der Waals surface area contributed by atoms with Gasteiger partial charge in [-0.25, -0.2) is 9.18 Å². The minimum Gasteiger partial charge on any atom is -0.494 e. The van der Waals surface area contributed by atoms with E-state index in [9.17, 15) is 9.18 Å². The highest BCUT2D eigenvalue weighted by molar-refractivity contribution is 8.15. The van der Waals surface area contributed by atoms with Gasteiger partial charge in [0.05, 0.1) is 32.4 Å². The van der Waals surface area contributed by atoms with E-state index < -0.39 is 11.9 Å². The van der Waals surface area contributed by atoms with Crippen molar-refractivity contribution in [3.63, 3.8) is 0 Å². The SMILES string of the molecule is COC(=O)N=C(SC)C(=N)c1cc(CC#N)c(F)c(OC)c1. The molecule has 0 aliphatic heterocycles. The number of carbonyl (C=O) groups is 1. The fourth-order valence-electron chi connectivity index (χ4n) is 1.62. The van der Waals surface area contributed by atoms with Crippen LogP contribution in [0.3, 0.4) is 0 Å². The standard InChI is InChI=1S/C14H14FN3O3S/c1-20-10-7-9(6-8(4-5-16)11(10)15)12(17)13(22-3)18-14(19)21-2/h6-7,17H,4H2,1-3H3. The maximum Gasteiger partial charge on any atom is 0.434 e. The molecule has 0 radical (unpaired) electrons. The monoisotopic (exact) mass is 323 g/mol. The molecule has 1 amide bonds. The Kier molecular flexibility index (Phi) is 6.53. The molecule has 1 N–H and O–H groups in total. The van der Waals surface area contributed by atoms with Crippen LogP contribution in [0.4, 0.5) is 9.18 Å². The van der Waals surface area contributed by atoms with Gasteiger partial charge < -0.3 is 9.47 Å². The number of hydrogen-bond donors (Lipinski definition) is 1. The van der Waals surface area contributed by atoms with E-state index in [1.807, 2.05) is 6.07 Å². The summed E-state index contributed by atoms with van der Waals surface area (Å²) >= 11 is 1.08. The van der Waals surface area contributed by atoms with E-state index in [1.165, 1.54) is 26.4 Å². The van der Waals surface area contributed by atoms with Crippen LogP contribution in [-0.2, 0) is 11.2 Å². The first-order valence-electron chi connectivity index (χ1n) is 6.01. The summed E-state index contributed by atoms with van der Waals surface area (Å²) in [5.41, 5.74) is 0.316. The molecule has 0 heterocycles. The van der Waals surface area contributed by atoms with Gasteiger partial charge in [-0.05, 0) is 18.4 Å². The number of aliphatic imine (C=N–C) groups is 1. The quantitative estimate of drug-likeness (QED) is 0.679. The van der Waals surface area contributed by atoms with Crippen molar-refractivity contribution in [1.82, 2.24) is 0 Å². The van der Waals surface area contributed by atoms with Crippen LogP contribution < -0.4 is 4.74 Å². The van der Waals surface area contributed by atoms with Crippen LogP contribution in [0.5, 0.6) is 5.75 Å². The maximum absolute atomic E-state index is 14.0. The Morgan fingerprint density at radius 2 is 2.18 bits per heavy atom. The number of methoxy groups -OCH3 is 2. The van der Waals surface area contributed by atoms with Crippen molar-refractivity contribution in [2.24, 2.45) is 4.99 Å². The predicted molar refractivity (Wildman–Crippen MR) is 82.5 cm³/mol. The smallest absolute Gasteiger partial charge is 0.434 e. The molecule has 0 saturated carbocycles. The van der Waals surface area contributed by atoms with E-state index in [0.717, 1.165) is 11.8 Å². The van der Waals surface area contributed by atoms with Crippen LogP contribution in [0.25, 0.3) is 0 Å². The third-order valence-corrected chi connectivity index (χ3v) is 3.35. The van der Waals surface area contributed by atoms with Crippen LogP contribution >= 0.6 is 11.8 Å². The molecule has 0 bridgehead atoms. The molecule has 6 nitrogen and oxygen atoms in total. The molecule has 0 aromatic heterocycles. The largest absolute Gasteiger partial charge is 0.494 e. The summed E-state index contributed by atoms with van der Waals surface area (Å²) in [5.74, 6) is -0.720. The number of halogens is 1. The molecule has 0 aliphatic carbocycles. The van der Waals surface area contributed by atoms with Gasteiger partial charge >= 0.3 is 6.09 Å². The lowest BCUT2D eigenvalue weighted by Gasteiger charge is -2.11. The maximum atomic E-state index is 14.0. The summed E-state index contributed by atoms with van der Waals surface area (Å²) < 4.78 is 23.3. The average Bonchev–Trinajstić information content (AvgIpc) is 2.53. The number of benzene rings is 1. The lowest BCUT2D eigenvalue weighted by molar-refractivity contribution is 0.183. The third kappa shape index (κ3) is 4.05. The Morgan fingerprint density at radius 1 is 1.50 bits per heavy atom. The molecular weight excluding hydrogens is 309 g/mol. The van der Waals surface area contributed by atoms with Gasteiger partial charge in [0.15, 0.2) is 11.6 Å². The number of ether oxygens (including phenoxy) is 2. The topological polar surface area (TPSA) is 95.5 Å². The zero-order valence-corrected chi connectivity index (χ0v) is 13.1. The Hall–Kier alpha value is -2.40. The molecule has 1 aromatic carbocycles. The van der Waals surface area contributed by atoms with Gasteiger partial charge in [0, 0.05) is 11.1 Å². The Balaban J connectivity index is 3.33. The normalized spacial score (nSPS) is 10.8. The number of thioether (sulfide) groups is 1. The molecule has 8 heteroatoms. The first-order chi connectivity index (χ1) is 10.5. The number of hydrogen-bond acceptors (Lipinski definition) is 6. The number of nitrogens with one attached hydrogen (secondary N) is 1. The second-order valence-corrected chi connectivity index (χ2v) is 4.75. The second-order valence-electron chi connectivity index (χ2n) is 3.95. The summed E-state index contributed by atoms with van der Waals surface area (Å²) in [4.78, 5) is 14.9. The van der Waals surface area contributed by atoms with E-state index in [-0.39, 0.29) is 28.5 Å².